The van der Waals surface area contributed by atoms with Gasteiger partial charge in [0.15, 0.2) is 0 Å². The van der Waals surface area contributed by atoms with Crippen molar-refractivity contribution >= 4 is 0 Å². The van der Waals surface area contributed by atoms with Crippen LogP contribution < -0.4 is 0 Å². The zero-order valence-corrected chi connectivity index (χ0v) is 15.9. The van der Waals surface area contributed by atoms with Gasteiger partial charge in [-0.1, -0.05) is 91.0 Å². The van der Waals surface area contributed by atoms with Crippen LogP contribution in [-0.2, 0) is 15.1 Å². The average Bonchev–Trinajstić information content (AvgIpc) is 3.31. The summed E-state index contributed by atoms with van der Waals surface area (Å²) in [7, 11) is 0. The molecule has 0 saturated carbocycles. The van der Waals surface area contributed by atoms with E-state index in [-0.39, 0.29) is 12.5 Å². The maximum absolute atomic E-state index is 10.7. The van der Waals surface area contributed by atoms with Gasteiger partial charge in [-0.25, -0.2) is 0 Å². The first-order valence-electron chi connectivity index (χ1n) is 9.87. The Hall–Kier alpha value is -2.46. The molecule has 1 heterocycles. The van der Waals surface area contributed by atoms with E-state index in [1.807, 2.05) is 54.6 Å². The molecule has 0 spiro atoms. The first-order chi connectivity index (χ1) is 13.8. The molecule has 0 bridgehead atoms. The Labute approximate surface area is 166 Å². The lowest BCUT2D eigenvalue weighted by atomic mass is 9.80. The molecule has 0 amide bonds. The molecule has 1 saturated heterocycles. The summed E-state index contributed by atoms with van der Waals surface area (Å²) in [5.41, 5.74) is 2.34. The van der Waals surface area contributed by atoms with Gasteiger partial charge in [0.1, 0.15) is 5.60 Å². The standard InChI is InChI=1S/C25H26O3/c26-24(20-16-17-27-18-20)19-28-25(21-10-4-1-5-11-21,22-12-6-2-7-13-22)23-14-8-3-9-15-23/h1-15,20,24,26H,16-19H2. The van der Waals surface area contributed by atoms with Crippen molar-refractivity contribution in [2.24, 2.45) is 5.92 Å². The third-order valence-corrected chi connectivity index (χ3v) is 5.52. The maximum Gasteiger partial charge on any atom is 0.143 e. The van der Waals surface area contributed by atoms with Crippen LogP contribution in [0.2, 0.25) is 0 Å². The highest BCUT2D eigenvalue weighted by Crippen LogP contribution is 2.40. The molecule has 1 aliphatic rings. The van der Waals surface area contributed by atoms with E-state index in [2.05, 4.69) is 36.4 Å². The molecule has 3 aromatic carbocycles. The first-order valence-corrected chi connectivity index (χ1v) is 9.87. The zero-order valence-electron chi connectivity index (χ0n) is 15.9. The molecule has 2 unspecified atom stereocenters. The highest BCUT2D eigenvalue weighted by molar-refractivity contribution is 5.47. The molecular weight excluding hydrogens is 348 g/mol. The monoisotopic (exact) mass is 374 g/mol. The van der Waals surface area contributed by atoms with Crippen molar-refractivity contribution in [2.75, 3.05) is 19.8 Å². The smallest absolute Gasteiger partial charge is 0.143 e. The van der Waals surface area contributed by atoms with E-state index in [0.717, 1.165) is 23.1 Å². The van der Waals surface area contributed by atoms with E-state index in [9.17, 15) is 5.11 Å². The van der Waals surface area contributed by atoms with E-state index in [1.165, 1.54) is 0 Å². The Morgan fingerprint density at radius 3 is 1.68 bits per heavy atom. The number of hydrogen-bond acceptors (Lipinski definition) is 3. The first kappa shape index (κ1) is 18.9. The summed E-state index contributed by atoms with van der Waals surface area (Å²) in [6, 6.07) is 30.7. The van der Waals surface area contributed by atoms with Crippen molar-refractivity contribution in [3.63, 3.8) is 0 Å². The van der Waals surface area contributed by atoms with Crippen LogP contribution in [0.1, 0.15) is 23.1 Å². The van der Waals surface area contributed by atoms with Crippen LogP contribution in [-0.4, -0.2) is 31.0 Å². The van der Waals surface area contributed by atoms with Gasteiger partial charge in [0.05, 0.1) is 19.3 Å². The topological polar surface area (TPSA) is 38.7 Å². The predicted octanol–water partition coefficient (Wildman–Crippen LogP) is 4.39. The van der Waals surface area contributed by atoms with Gasteiger partial charge < -0.3 is 14.6 Å². The number of aliphatic hydroxyl groups is 1. The molecule has 0 aromatic heterocycles. The van der Waals surface area contributed by atoms with Crippen molar-refractivity contribution in [1.29, 1.82) is 0 Å². The molecule has 28 heavy (non-hydrogen) atoms. The van der Waals surface area contributed by atoms with Gasteiger partial charge >= 0.3 is 0 Å². The summed E-state index contributed by atoms with van der Waals surface area (Å²) in [5, 5.41) is 10.7. The molecule has 1 fully saturated rings. The second-order valence-corrected chi connectivity index (χ2v) is 7.28. The van der Waals surface area contributed by atoms with Crippen LogP contribution in [0.4, 0.5) is 0 Å². The molecule has 1 N–H and O–H groups in total. The van der Waals surface area contributed by atoms with Gasteiger partial charge in [-0.2, -0.15) is 0 Å². The van der Waals surface area contributed by atoms with Gasteiger partial charge in [0.2, 0.25) is 0 Å². The zero-order chi connectivity index (χ0) is 19.2. The van der Waals surface area contributed by atoms with Gasteiger partial charge in [-0.3, -0.25) is 0 Å². The van der Waals surface area contributed by atoms with Gasteiger partial charge in [-0.15, -0.1) is 0 Å². The maximum atomic E-state index is 10.7. The Morgan fingerprint density at radius 1 is 0.821 bits per heavy atom. The van der Waals surface area contributed by atoms with Crippen LogP contribution >= 0.6 is 0 Å². The summed E-state index contributed by atoms with van der Waals surface area (Å²) < 4.78 is 12.1. The van der Waals surface area contributed by atoms with Crippen LogP contribution in [0.5, 0.6) is 0 Å². The van der Waals surface area contributed by atoms with Crippen molar-refractivity contribution in [3.05, 3.63) is 108 Å². The number of rotatable bonds is 7. The fraction of sp³-hybridized carbons (Fsp3) is 0.280. The Morgan fingerprint density at radius 2 is 1.29 bits per heavy atom. The van der Waals surface area contributed by atoms with Crippen LogP contribution in [0.25, 0.3) is 0 Å². The SMILES string of the molecule is OC(COC(c1ccccc1)(c1ccccc1)c1ccccc1)C1CCOC1. The molecule has 0 radical (unpaired) electrons. The number of aliphatic hydroxyl groups excluding tert-OH is 1. The Kier molecular flexibility index (Phi) is 5.87. The van der Waals surface area contributed by atoms with Crippen molar-refractivity contribution < 1.29 is 14.6 Å². The minimum Gasteiger partial charge on any atom is -0.390 e. The summed E-state index contributed by atoms with van der Waals surface area (Å²) in [6.45, 7) is 1.55. The lowest BCUT2D eigenvalue weighted by Gasteiger charge is -2.37. The third-order valence-electron chi connectivity index (χ3n) is 5.52. The van der Waals surface area contributed by atoms with E-state index in [0.29, 0.717) is 13.2 Å². The Bertz CT molecular complexity index is 746. The molecule has 144 valence electrons. The largest absolute Gasteiger partial charge is 0.390 e. The third kappa shape index (κ3) is 3.74. The van der Waals surface area contributed by atoms with E-state index in [1.54, 1.807) is 0 Å². The molecule has 4 rings (SSSR count). The fourth-order valence-corrected chi connectivity index (χ4v) is 3.97. The number of benzene rings is 3. The minimum atomic E-state index is -0.787. The van der Waals surface area contributed by atoms with Crippen molar-refractivity contribution in [3.8, 4) is 0 Å². The van der Waals surface area contributed by atoms with Gasteiger partial charge in [0, 0.05) is 12.5 Å². The molecule has 3 heteroatoms. The molecule has 3 aromatic rings. The second-order valence-electron chi connectivity index (χ2n) is 7.28. The number of ether oxygens (including phenoxy) is 2. The van der Waals surface area contributed by atoms with E-state index >= 15 is 0 Å². The number of hydrogen-bond donors (Lipinski definition) is 1. The normalized spacial score (nSPS) is 18.1. The molecule has 0 aliphatic carbocycles. The quantitative estimate of drug-likeness (QED) is 0.623. The van der Waals surface area contributed by atoms with E-state index < -0.39 is 11.7 Å². The molecular formula is C25H26O3. The van der Waals surface area contributed by atoms with Crippen molar-refractivity contribution in [1.82, 2.24) is 0 Å². The highest BCUT2D eigenvalue weighted by Gasteiger charge is 2.38. The Balaban J connectivity index is 1.78. The average molecular weight is 374 g/mol. The summed E-state index contributed by atoms with van der Waals surface area (Å²) in [4.78, 5) is 0. The van der Waals surface area contributed by atoms with Crippen LogP contribution in [0.15, 0.2) is 91.0 Å². The lowest BCUT2D eigenvalue weighted by Crippen LogP contribution is -2.37. The summed E-state index contributed by atoms with van der Waals surface area (Å²) >= 11 is 0. The molecule has 1 aliphatic heterocycles. The second kappa shape index (κ2) is 8.70. The highest BCUT2D eigenvalue weighted by atomic mass is 16.5. The van der Waals surface area contributed by atoms with E-state index in [4.69, 9.17) is 9.47 Å². The summed E-state index contributed by atoms with van der Waals surface area (Å²) in [6.07, 6.45) is 0.317. The van der Waals surface area contributed by atoms with Crippen LogP contribution in [0, 0.1) is 5.92 Å². The van der Waals surface area contributed by atoms with Crippen molar-refractivity contribution in [2.45, 2.75) is 18.1 Å². The lowest BCUT2D eigenvalue weighted by molar-refractivity contribution is -0.0561. The predicted molar refractivity (Wildman–Crippen MR) is 110 cm³/mol. The van der Waals surface area contributed by atoms with Gasteiger partial charge in [0.25, 0.3) is 0 Å². The van der Waals surface area contributed by atoms with Crippen LogP contribution in [0.3, 0.4) is 0 Å². The van der Waals surface area contributed by atoms with Gasteiger partial charge in [-0.05, 0) is 23.1 Å². The summed E-state index contributed by atoms with van der Waals surface area (Å²) in [5.74, 6) is 0.125. The molecule has 3 nitrogen and oxygen atoms in total. The minimum absolute atomic E-state index is 0.125. The fourth-order valence-electron chi connectivity index (χ4n) is 3.97. The molecule has 2 atom stereocenters.